The van der Waals surface area contributed by atoms with Crippen LogP contribution in [0.1, 0.15) is 23.5 Å². The highest BCUT2D eigenvalue weighted by molar-refractivity contribution is 7.17. The van der Waals surface area contributed by atoms with Gasteiger partial charge in [-0.15, -0.1) is 11.3 Å². The van der Waals surface area contributed by atoms with E-state index in [1.54, 1.807) is 24.3 Å². The quantitative estimate of drug-likeness (QED) is 0.527. The number of hydrogen-bond acceptors (Lipinski definition) is 5. The van der Waals surface area contributed by atoms with Gasteiger partial charge in [0.05, 0.1) is 6.61 Å². The number of likely N-dealkylation sites (N-methyl/N-ethyl adjacent to an activating group) is 1. The molecule has 156 valence electrons. The van der Waals surface area contributed by atoms with E-state index in [0.717, 1.165) is 10.4 Å². The molecule has 30 heavy (non-hydrogen) atoms. The van der Waals surface area contributed by atoms with Crippen LogP contribution in [-0.2, 0) is 4.79 Å². The maximum atomic E-state index is 12.9. The van der Waals surface area contributed by atoms with Gasteiger partial charge >= 0.3 is 0 Å². The predicted molar refractivity (Wildman–Crippen MR) is 119 cm³/mol. The van der Waals surface area contributed by atoms with Crippen molar-refractivity contribution < 1.29 is 19.1 Å². The van der Waals surface area contributed by atoms with E-state index in [9.17, 15) is 9.59 Å². The molecule has 0 atom stereocenters. The first-order chi connectivity index (χ1) is 14.6. The molecule has 0 bridgehead atoms. The molecule has 0 fully saturated rings. The van der Waals surface area contributed by atoms with Gasteiger partial charge in [0.1, 0.15) is 16.4 Å². The number of rotatable bonds is 9. The van der Waals surface area contributed by atoms with Gasteiger partial charge in [0.2, 0.25) is 0 Å². The molecule has 2 N–H and O–H groups in total. The maximum Gasteiger partial charge on any atom is 0.269 e. The lowest BCUT2D eigenvalue weighted by Gasteiger charge is -2.09. The minimum Gasteiger partial charge on any atom is -0.492 e. The number of amides is 2. The topological polar surface area (TPSA) is 76.7 Å². The van der Waals surface area contributed by atoms with Crippen LogP contribution in [0.2, 0.25) is 0 Å². The van der Waals surface area contributed by atoms with Crippen LogP contribution < -0.4 is 20.1 Å². The Morgan fingerprint density at radius 2 is 1.70 bits per heavy atom. The zero-order chi connectivity index (χ0) is 21.3. The van der Waals surface area contributed by atoms with Crippen molar-refractivity contribution in [1.29, 1.82) is 0 Å². The summed E-state index contributed by atoms with van der Waals surface area (Å²) in [5.74, 6) is 0.712. The van der Waals surface area contributed by atoms with Gasteiger partial charge in [-0.25, -0.2) is 0 Å². The number of carbonyl (C=O) groups is 2. The largest absolute Gasteiger partial charge is 0.492 e. The summed E-state index contributed by atoms with van der Waals surface area (Å²) in [6.07, 6.45) is 0. The van der Waals surface area contributed by atoms with Gasteiger partial charge in [0, 0.05) is 17.1 Å². The minimum absolute atomic E-state index is 0.0469. The predicted octanol–water partition coefficient (Wildman–Crippen LogP) is 4.58. The van der Waals surface area contributed by atoms with Crippen molar-refractivity contribution in [3.63, 3.8) is 0 Å². The number of thiophene rings is 1. The Kier molecular flexibility index (Phi) is 7.45. The summed E-state index contributed by atoms with van der Waals surface area (Å²) in [4.78, 5) is 25.8. The third-order valence-electron chi connectivity index (χ3n) is 4.12. The van der Waals surface area contributed by atoms with Crippen LogP contribution in [0.3, 0.4) is 0 Å². The van der Waals surface area contributed by atoms with Crippen molar-refractivity contribution in [2.75, 3.05) is 25.1 Å². The summed E-state index contributed by atoms with van der Waals surface area (Å²) in [5, 5.41) is 5.56. The molecule has 2 amide bonds. The van der Waals surface area contributed by atoms with E-state index in [2.05, 4.69) is 10.6 Å². The SMILES string of the molecule is CCNC(=O)COc1ccc(NC(=O)c2sc(-c3ccccc3)cc2OCC)cc1. The van der Waals surface area contributed by atoms with Gasteiger partial charge in [-0.05, 0) is 49.7 Å². The molecule has 0 saturated heterocycles. The molecule has 3 rings (SSSR count). The van der Waals surface area contributed by atoms with E-state index < -0.39 is 0 Å². The Balaban J connectivity index is 1.69. The summed E-state index contributed by atoms with van der Waals surface area (Å²) in [6, 6.07) is 18.7. The Morgan fingerprint density at radius 3 is 2.37 bits per heavy atom. The molecule has 2 aromatic carbocycles. The first kappa shape index (κ1) is 21.4. The van der Waals surface area contributed by atoms with E-state index in [4.69, 9.17) is 9.47 Å². The average molecular weight is 425 g/mol. The molecule has 0 saturated carbocycles. The van der Waals surface area contributed by atoms with E-state index >= 15 is 0 Å². The lowest BCUT2D eigenvalue weighted by atomic mass is 10.2. The standard InChI is InChI=1S/C23H24N2O4S/c1-3-24-21(26)15-29-18-12-10-17(11-13-18)25-23(27)22-19(28-4-2)14-20(30-22)16-8-6-5-7-9-16/h5-14H,3-4,15H2,1-2H3,(H,24,26)(H,25,27). The van der Waals surface area contributed by atoms with Crippen LogP contribution >= 0.6 is 11.3 Å². The molecule has 0 spiro atoms. The number of anilines is 1. The molecule has 1 aromatic heterocycles. The number of carbonyl (C=O) groups excluding carboxylic acids is 2. The van der Waals surface area contributed by atoms with Crippen molar-refractivity contribution in [3.05, 3.63) is 65.5 Å². The Bertz CT molecular complexity index is 984. The molecule has 0 aliphatic carbocycles. The fourth-order valence-electron chi connectivity index (χ4n) is 2.76. The smallest absolute Gasteiger partial charge is 0.269 e. The summed E-state index contributed by atoms with van der Waals surface area (Å²) in [6.45, 7) is 4.73. The van der Waals surface area contributed by atoms with Crippen LogP contribution in [0.5, 0.6) is 11.5 Å². The van der Waals surface area contributed by atoms with Crippen LogP contribution in [0, 0.1) is 0 Å². The molecule has 1 heterocycles. The average Bonchev–Trinajstić information content (AvgIpc) is 3.18. The molecule has 0 aliphatic heterocycles. The first-order valence-electron chi connectivity index (χ1n) is 9.73. The third-order valence-corrected chi connectivity index (χ3v) is 5.28. The van der Waals surface area contributed by atoms with Gasteiger partial charge in [-0.1, -0.05) is 30.3 Å². The highest BCUT2D eigenvalue weighted by Gasteiger charge is 2.18. The van der Waals surface area contributed by atoms with Gasteiger partial charge in [-0.3, -0.25) is 9.59 Å². The normalized spacial score (nSPS) is 10.3. The highest BCUT2D eigenvalue weighted by atomic mass is 32.1. The van der Waals surface area contributed by atoms with Gasteiger partial charge in [0.15, 0.2) is 6.61 Å². The summed E-state index contributed by atoms with van der Waals surface area (Å²) in [7, 11) is 0. The van der Waals surface area contributed by atoms with E-state index in [1.807, 2.05) is 50.2 Å². The van der Waals surface area contributed by atoms with Gasteiger partial charge < -0.3 is 20.1 Å². The Labute approximate surface area is 179 Å². The van der Waals surface area contributed by atoms with Crippen molar-refractivity contribution in [2.24, 2.45) is 0 Å². The second-order valence-corrected chi connectivity index (χ2v) is 7.38. The Morgan fingerprint density at radius 1 is 0.967 bits per heavy atom. The van der Waals surface area contributed by atoms with Crippen molar-refractivity contribution >= 4 is 28.8 Å². The number of nitrogens with one attached hydrogen (secondary N) is 2. The monoisotopic (exact) mass is 424 g/mol. The van der Waals surface area contributed by atoms with Crippen LogP contribution in [0.15, 0.2) is 60.7 Å². The molecular formula is C23H24N2O4S. The molecule has 0 unspecified atom stereocenters. The fourth-order valence-corrected chi connectivity index (χ4v) is 3.76. The number of benzene rings is 2. The second-order valence-electron chi connectivity index (χ2n) is 6.32. The lowest BCUT2D eigenvalue weighted by molar-refractivity contribution is -0.122. The van der Waals surface area contributed by atoms with Crippen LogP contribution in [0.25, 0.3) is 10.4 Å². The van der Waals surface area contributed by atoms with Crippen LogP contribution in [0.4, 0.5) is 5.69 Å². The number of ether oxygens (including phenoxy) is 2. The zero-order valence-electron chi connectivity index (χ0n) is 16.9. The summed E-state index contributed by atoms with van der Waals surface area (Å²) >= 11 is 1.39. The first-order valence-corrected chi connectivity index (χ1v) is 10.5. The van der Waals surface area contributed by atoms with Crippen LogP contribution in [-0.4, -0.2) is 31.6 Å². The van der Waals surface area contributed by atoms with E-state index in [0.29, 0.717) is 35.2 Å². The maximum absolute atomic E-state index is 12.9. The zero-order valence-corrected chi connectivity index (χ0v) is 17.8. The molecular weight excluding hydrogens is 400 g/mol. The van der Waals surface area contributed by atoms with Gasteiger partial charge in [-0.2, -0.15) is 0 Å². The second kappa shape index (κ2) is 10.5. The Hall–Kier alpha value is -3.32. The molecule has 0 radical (unpaired) electrons. The molecule has 6 nitrogen and oxygen atoms in total. The molecule has 3 aromatic rings. The minimum atomic E-state index is -0.235. The molecule has 0 aliphatic rings. The third kappa shape index (κ3) is 5.61. The van der Waals surface area contributed by atoms with Gasteiger partial charge in [0.25, 0.3) is 11.8 Å². The summed E-state index contributed by atoms with van der Waals surface area (Å²) < 4.78 is 11.1. The number of hydrogen-bond donors (Lipinski definition) is 2. The van der Waals surface area contributed by atoms with E-state index in [1.165, 1.54) is 11.3 Å². The van der Waals surface area contributed by atoms with Crippen molar-refractivity contribution in [1.82, 2.24) is 5.32 Å². The van der Waals surface area contributed by atoms with E-state index in [-0.39, 0.29) is 18.4 Å². The van der Waals surface area contributed by atoms with Crippen molar-refractivity contribution in [2.45, 2.75) is 13.8 Å². The highest BCUT2D eigenvalue weighted by Crippen LogP contribution is 2.36. The summed E-state index contributed by atoms with van der Waals surface area (Å²) in [5.41, 5.74) is 1.67. The lowest BCUT2D eigenvalue weighted by Crippen LogP contribution is -2.28. The van der Waals surface area contributed by atoms with Crippen molar-refractivity contribution in [3.8, 4) is 21.9 Å². The molecule has 7 heteroatoms. The fraction of sp³-hybridized carbons (Fsp3) is 0.217.